The number of aromatic nitrogens is 2. The van der Waals surface area contributed by atoms with E-state index in [1.165, 1.54) is 0 Å². The molecule has 2 amide bonds. The Balaban J connectivity index is 2.23. The number of nitrogens with two attached hydrogens (primary N) is 2. The van der Waals surface area contributed by atoms with Crippen LogP contribution >= 0.6 is 0 Å². The second-order valence-corrected chi connectivity index (χ2v) is 4.55. The molecule has 0 aliphatic heterocycles. The summed E-state index contributed by atoms with van der Waals surface area (Å²) < 4.78 is 1.92. The number of hydrogen-bond acceptors (Lipinski definition) is 3. The van der Waals surface area contributed by atoms with Crippen LogP contribution < -0.4 is 16.6 Å². The van der Waals surface area contributed by atoms with Gasteiger partial charge in [0.25, 0.3) is 5.91 Å². The van der Waals surface area contributed by atoms with Crippen molar-refractivity contribution in [3.63, 3.8) is 0 Å². The molecule has 0 saturated carbocycles. The van der Waals surface area contributed by atoms with E-state index in [2.05, 4.69) is 4.98 Å². The first-order chi connectivity index (χ1) is 10.1. The Morgan fingerprint density at radius 3 is 2.62 bits per heavy atom. The molecule has 2 heterocycles. The van der Waals surface area contributed by atoms with E-state index < -0.39 is 5.91 Å². The van der Waals surface area contributed by atoms with Gasteiger partial charge in [-0.1, -0.05) is 0 Å². The van der Waals surface area contributed by atoms with E-state index in [0.29, 0.717) is 17.3 Å². The van der Waals surface area contributed by atoms with E-state index in [1.807, 2.05) is 41.2 Å². The Morgan fingerprint density at radius 2 is 2.00 bits per heavy atom. The normalized spacial score (nSPS) is 10.7. The van der Waals surface area contributed by atoms with Crippen LogP contribution in [0.25, 0.3) is 16.6 Å². The number of nitrogens with zero attached hydrogens (tertiary/aromatic N) is 2. The second-order valence-electron chi connectivity index (χ2n) is 4.55. The zero-order valence-corrected chi connectivity index (χ0v) is 11.0. The van der Waals surface area contributed by atoms with Crippen LogP contribution in [-0.2, 0) is 4.79 Å². The molecule has 0 aliphatic carbocycles. The van der Waals surface area contributed by atoms with Gasteiger partial charge >= 0.3 is 0 Å². The minimum atomic E-state index is -0.651. The summed E-state index contributed by atoms with van der Waals surface area (Å²) in [6.45, 7) is 0. The van der Waals surface area contributed by atoms with Crippen molar-refractivity contribution in [2.24, 2.45) is 11.6 Å². The van der Waals surface area contributed by atoms with Crippen molar-refractivity contribution in [2.45, 2.75) is 0 Å². The number of hydrogen-bond donors (Lipinski definition) is 3. The smallest absolute Gasteiger partial charge is 0.253 e. The van der Waals surface area contributed by atoms with Crippen LogP contribution in [0.2, 0.25) is 0 Å². The Labute approximate surface area is 119 Å². The highest BCUT2D eigenvalue weighted by Gasteiger charge is 2.19. The van der Waals surface area contributed by atoms with Gasteiger partial charge in [0, 0.05) is 29.0 Å². The summed E-state index contributed by atoms with van der Waals surface area (Å²) in [5.74, 6) is 5.08. The molecule has 0 fully saturated rings. The van der Waals surface area contributed by atoms with Gasteiger partial charge in [-0.15, -0.1) is 0 Å². The Kier molecular flexibility index (Phi) is 2.96. The number of nitrogens with one attached hydrogen (secondary N) is 1. The van der Waals surface area contributed by atoms with Crippen LogP contribution in [0.1, 0.15) is 10.4 Å². The maximum atomic E-state index is 11.6. The highest BCUT2D eigenvalue weighted by molar-refractivity contribution is 6.12. The van der Waals surface area contributed by atoms with Gasteiger partial charge in [0.2, 0.25) is 6.41 Å². The number of rotatable bonds is 4. The summed E-state index contributed by atoms with van der Waals surface area (Å²) in [4.78, 5) is 25.4. The number of anilines is 1. The summed E-state index contributed by atoms with van der Waals surface area (Å²) in [6.07, 6.45) is 4.21. The van der Waals surface area contributed by atoms with Gasteiger partial charge in [0.05, 0.1) is 5.56 Å². The molecule has 0 bridgehead atoms. The Bertz CT molecular complexity index is 819. The van der Waals surface area contributed by atoms with Gasteiger partial charge in [-0.05, 0) is 30.3 Å². The van der Waals surface area contributed by atoms with Crippen LogP contribution in [0.4, 0.5) is 5.82 Å². The van der Waals surface area contributed by atoms with Crippen LogP contribution in [0.15, 0.2) is 42.7 Å². The number of primary amides is 1. The molecule has 0 atom stereocenters. The molecule has 0 aliphatic rings. The highest BCUT2D eigenvalue weighted by Crippen LogP contribution is 2.28. The molecule has 5 N–H and O–H groups in total. The van der Waals surface area contributed by atoms with E-state index in [0.717, 1.165) is 10.7 Å². The number of aromatic amines is 1. The van der Waals surface area contributed by atoms with Crippen molar-refractivity contribution in [1.82, 2.24) is 9.55 Å². The lowest BCUT2D eigenvalue weighted by molar-refractivity contribution is -0.107. The van der Waals surface area contributed by atoms with Gasteiger partial charge in [0.1, 0.15) is 5.82 Å². The van der Waals surface area contributed by atoms with Crippen molar-refractivity contribution < 1.29 is 9.59 Å². The van der Waals surface area contributed by atoms with E-state index in [4.69, 9.17) is 11.6 Å². The number of hydrazine groups is 1. The second kappa shape index (κ2) is 4.80. The topological polar surface area (TPSA) is 110 Å². The molecule has 3 aromatic rings. The fourth-order valence-electron chi connectivity index (χ4n) is 2.33. The standard InChI is InChI=1S/C14H13N5O2/c15-13(21)12-10-4-3-9(18-5-1-2-6-18)7-11(10)17-14(12)19(16)8-20/h1-8,17H,16H2,(H2,15,21). The Hall–Kier alpha value is -3.06. The molecular formula is C14H13N5O2. The summed E-state index contributed by atoms with van der Waals surface area (Å²) >= 11 is 0. The van der Waals surface area contributed by atoms with E-state index in [9.17, 15) is 9.59 Å². The molecule has 106 valence electrons. The lowest BCUT2D eigenvalue weighted by Crippen LogP contribution is -2.31. The van der Waals surface area contributed by atoms with Crippen molar-refractivity contribution in [2.75, 3.05) is 5.01 Å². The van der Waals surface area contributed by atoms with E-state index >= 15 is 0 Å². The van der Waals surface area contributed by atoms with Crippen molar-refractivity contribution in [1.29, 1.82) is 0 Å². The number of carbonyl (C=O) groups is 2. The molecule has 2 aromatic heterocycles. The van der Waals surface area contributed by atoms with Crippen molar-refractivity contribution in [3.8, 4) is 5.69 Å². The van der Waals surface area contributed by atoms with Crippen LogP contribution in [-0.4, -0.2) is 21.9 Å². The van der Waals surface area contributed by atoms with Gasteiger partial charge in [0.15, 0.2) is 0 Å². The summed E-state index contributed by atoms with van der Waals surface area (Å²) in [6, 6.07) is 9.29. The molecule has 7 heteroatoms. The minimum Gasteiger partial charge on any atom is -0.365 e. The van der Waals surface area contributed by atoms with Gasteiger partial charge in [-0.2, -0.15) is 0 Å². The van der Waals surface area contributed by atoms with Gasteiger partial charge in [-0.3, -0.25) is 9.59 Å². The fraction of sp³-hybridized carbons (Fsp3) is 0. The van der Waals surface area contributed by atoms with Crippen molar-refractivity contribution >= 4 is 29.0 Å². The molecule has 0 spiro atoms. The van der Waals surface area contributed by atoms with E-state index in [1.54, 1.807) is 6.07 Å². The molecule has 0 saturated heterocycles. The number of amides is 2. The fourth-order valence-corrected chi connectivity index (χ4v) is 2.33. The SMILES string of the molecule is NC(=O)c1c(N(N)C=O)[nH]c2cc(-n3cccc3)ccc12. The van der Waals surface area contributed by atoms with Gasteiger partial charge in [-0.25, -0.2) is 10.9 Å². The highest BCUT2D eigenvalue weighted by atomic mass is 16.1. The first-order valence-electron chi connectivity index (χ1n) is 6.20. The molecule has 0 unspecified atom stereocenters. The maximum Gasteiger partial charge on any atom is 0.253 e. The van der Waals surface area contributed by atoms with Crippen molar-refractivity contribution in [3.05, 3.63) is 48.3 Å². The minimum absolute atomic E-state index is 0.178. The first kappa shape index (κ1) is 12.9. The largest absolute Gasteiger partial charge is 0.365 e. The summed E-state index contributed by atoms with van der Waals surface area (Å²) in [5, 5.41) is 1.42. The van der Waals surface area contributed by atoms with Crippen LogP contribution in [0, 0.1) is 0 Å². The molecule has 1 aromatic carbocycles. The summed E-state index contributed by atoms with van der Waals surface area (Å²) in [5.41, 5.74) is 7.16. The van der Waals surface area contributed by atoms with Crippen LogP contribution in [0.3, 0.4) is 0 Å². The number of carbonyl (C=O) groups excluding carboxylic acids is 2. The average Bonchev–Trinajstić information content (AvgIpc) is 3.12. The number of H-pyrrole nitrogens is 1. The maximum absolute atomic E-state index is 11.6. The molecule has 0 radical (unpaired) electrons. The molecule has 21 heavy (non-hydrogen) atoms. The average molecular weight is 283 g/mol. The van der Waals surface area contributed by atoms with Crippen LogP contribution in [0.5, 0.6) is 0 Å². The molecule has 7 nitrogen and oxygen atoms in total. The number of fused-ring (bicyclic) bond motifs is 1. The first-order valence-corrected chi connectivity index (χ1v) is 6.20. The quantitative estimate of drug-likeness (QED) is 0.286. The Morgan fingerprint density at radius 1 is 1.29 bits per heavy atom. The third-order valence-electron chi connectivity index (χ3n) is 3.28. The lowest BCUT2D eigenvalue weighted by atomic mass is 10.1. The molecular weight excluding hydrogens is 270 g/mol. The predicted octanol–water partition coefficient (Wildman–Crippen LogP) is 0.894. The third kappa shape index (κ3) is 2.05. The lowest BCUT2D eigenvalue weighted by Gasteiger charge is -2.08. The summed E-state index contributed by atoms with van der Waals surface area (Å²) in [7, 11) is 0. The predicted molar refractivity (Wildman–Crippen MR) is 78.9 cm³/mol. The zero-order valence-electron chi connectivity index (χ0n) is 11.0. The van der Waals surface area contributed by atoms with Gasteiger partial charge < -0.3 is 15.3 Å². The zero-order chi connectivity index (χ0) is 15.0. The van der Waals surface area contributed by atoms with E-state index in [-0.39, 0.29) is 11.4 Å². The number of benzene rings is 1. The molecule has 3 rings (SSSR count). The third-order valence-corrected chi connectivity index (χ3v) is 3.28. The monoisotopic (exact) mass is 283 g/mol.